The Bertz CT molecular complexity index is 1120. The van der Waals surface area contributed by atoms with E-state index in [2.05, 4.69) is 0 Å². The zero-order valence-corrected chi connectivity index (χ0v) is 18.4. The number of carbonyl (C=O) groups is 3. The van der Waals surface area contributed by atoms with Gasteiger partial charge in [0.15, 0.2) is 0 Å². The number of halogens is 1. The van der Waals surface area contributed by atoms with Crippen LogP contribution in [0.5, 0.6) is 0 Å². The third-order valence-electron chi connectivity index (χ3n) is 6.75. The highest BCUT2D eigenvalue weighted by atomic mass is 19.1. The molecule has 33 heavy (non-hydrogen) atoms. The quantitative estimate of drug-likeness (QED) is 0.654. The monoisotopic (exact) mass is 447 g/mol. The lowest BCUT2D eigenvalue weighted by molar-refractivity contribution is 0.0665. The molecule has 0 spiro atoms. The highest BCUT2D eigenvalue weighted by Gasteiger charge is 2.36. The first-order valence-corrected chi connectivity index (χ1v) is 11.5. The highest BCUT2D eigenvalue weighted by Crippen LogP contribution is 2.31. The summed E-state index contributed by atoms with van der Waals surface area (Å²) in [5.74, 6) is -0.707. The molecule has 0 aromatic heterocycles. The summed E-state index contributed by atoms with van der Waals surface area (Å²) in [6.45, 7) is 2.50. The van der Waals surface area contributed by atoms with E-state index in [0.717, 1.165) is 48.5 Å². The fourth-order valence-corrected chi connectivity index (χ4v) is 5.00. The topological polar surface area (TPSA) is 60.9 Å². The maximum Gasteiger partial charge on any atom is 0.261 e. The molecule has 6 nitrogen and oxygen atoms in total. The van der Waals surface area contributed by atoms with Crippen molar-refractivity contribution in [2.24, 2.45) is 0 Å². The van der Waals surface area contributed by atoms with Gasteiger partial charge in [-0.1, -0.05) is 12.1 Å². The Kier molecular flexibility index (Phi) is 5.70. The van der Waals surface area contributed by atoms with Gasteiger partial charge in [-0.25, -0.2) is 4.39 Å². The van der Waals surface area contributed by atoms with Gasteiger partial charge >= 0.3 is 0 Å². The third kappa shape index (κ3) is 3.92. The largest absolute Gasteiger partial charge is 0.367 e. The van der Waals surface area contributed by atoms with Crippen molar-refractivity contribution in [3.05, 3.63) is 76.6 Å². The van der Waals surface area contributed by atoms with Crippen LogP contribution in [0, 0.1) is 0 Å². The second-order valence-electron chi connectivity index (χ2n) is 8.88. The average molecular weight is 448 g/mol. The number of piperidine rings is 1. The Morgan fingerprint density at radius 1 is 0.909 bits per heavy atom. The van der Waals surface area contributed by atoms with Gasteiger partial charge in [-0.15, -0.1) is 0 Å². The van der Waals surface area contributed by atoms with Crippen LogP contribution in [0.15, 0.2) is 54.4 Å². The summed E-state index contributed by atoms with van der Waals surface area (Å²) < 4.78 is 13.8. The highest BCUT2D eigenvalue weighted by molar-refractivity contribution is 6.21. The number of rotatable bonds is 5. The number of hydrogen-bond acceptors (Lipinski definition) is 4. The van der Waals surface area contributed by atoms with E-state index in [0.29, 0.717) is 35.1 Å². The predicted molar refractivity (Wildman–Crippen MR) is 123 cm³/mol. The molecule has 0 radical (unpaired) electrons. The molecule has 0 bridgehead atoms. The first-order chi connectivity index (χ1) is 16.1. The van der Waals surface area contributed by atoms with Gasteiger partial charge in [0.1, 0.15) is 0 Å². The van der Waals surface area contributed by atoms with Gasteiger partial charge in [0.05, 0.1) is 24.0 Å². The summed E-state index contributed by atoms with van der Waals surface area (Å²) in [5, 5.41) is 0. The van der Waals surface area contributed by atoms with E-state index >= 15 is 0 Å². The molecule has 2 aromatic carbocycles. The SMILES string of the molecule is O=C(c1ccc2c(c1)CCN2CC(=CF)CN1C(=O)c2ccccc2C1=O)N1CCCCC1. The lowest BCUT2D eigenvalue weighted by Crippen LogP contribution is -2.35. The second-order valence-corrected chi connectivity index (χ2v) is 8.88. The first-order valence-electron chi connectivity index (χ1n) is 11.5. The summed E-state index contributed by atoms with van der Waals surface area (Å²) in [5.41, 5.74) is 3.80. The van der Waals surface area contributed by atoms with Crippen LogP contribution in [0.2, 0.25) is 0 Å². The summed E-state index contributed by atoms with van der Waals surface area (Å²) in [6, 6.07) is 12.4. The number of benzene rings is 2. The molecular formula is C26H26FN3O3. The lowest BCUT2D eigenvalue weighted by atomic mass is 10.1. The van der Waals surface area contributed by atoms with Crippen LogP contribution in [0.4, 0.5) is 10.1 Å². The molecule has 2 aromatic rings. The molecule has 3 amide bonds. The molecule has 5 rings (SSSR count). The van der Waals surface area contributed by atoms with Crippen LogP contribution in [-0.4, -0.2) is 60.2 Å². The number of amides is 3. The molecular weight excluding hydrogens is 421 g/mol. The Morgan fingerprint density at radius 2 is 1.61 bits per heavy atom. The fraction of sp³-hybridized carbons (Fsp3) is 0.346. The van der Waals surface area contributed by atoms with E-state index in [1.807, 2.05) is 28.0 Å². The number of anilines is 1. The van der Waals surface area contributed by atoms with Crippen LogP contribution in [0.25, 0.3) is 0 Å². The Balaban J connectivity index is 1.27. The van der Waals surface area contributed by atoms with Gasteiger partial charge in [-0.2, -0.15) is 0 Å². The van der Waals surface area contributed by atoms with Crippen molar-refractivity contribution >= 4 is 23.4 Å². The van der Waals surface area contributed by atoms with Gasteiger partial charge < -0.3 is 9.80 Å². The van der Waals surface area contributed by atoms with Crippen LogP contribution >= 0.6 is 0 Å². The number of likely N-dealkylation sites (tertiary alicyclic amines) is 1. The fourth-order valence-electron chi connectivity index (χ4n) is 5.00. The van der Waals surface area contributed by atoms with Gasteiger partial charge in [0, 0.05) is 37.4 Å². The number of imide groups is 1. The molecule has 0 aliphatic carbocycles. The molecule has 3 aliphatic rings. The number of nitrogens with zero attached hydrogens (tertiary/aromatic N) is 3. The van der Waals surface area contributed by atoms with Crippen molar-refractivity contribution in [2.45, 2.75) is 25.7 Å². The zero-order valence-electron chi connectivity index (χ0n) is 18.4. The minimum absolute atomic E-state index is 0.0749. The second kappa shape index (κ2) is 8.81. The maximum absolute atomic E-state index is 13.8. The van der Waals surface area contributed by atoms with Crippen molar-refractivity contribution in [1.29, 1.82) is 0 Å². The zero-order chi connectivity index (χ0) is 22.9. The van der Waals surface area contributed by atoms with Crippen LogP contribution in [-0.2, 0) is 6.42 Å². The molecule has 0 atom stereocenters. The van der Waals surface area contributed by atoms with Crippen molar-refractivity contribution in [1.82, 2.24) is 9.80 Å². The lowest BCUT2D eigenvalue weighted by Gasteiger charge is -2.27. The van der Waals surface area contributed by atoms with Crippen LogP contribution in [0.1, 0.15) is 55.9 Å². The van der Waals surface area contributed by atoms with E-state index in [1.54, 1.807) is 24.3 Å². The van der Waals surface area contributed by atoms with Gasteiger partial charge in [0.2, 0.25) is 0 Å². The van der Waals surface area contributed by atoms with E-state index in [4.69, 9.17) is 0 Å². The standard InChI is InChI=1S/C26H26FN3O3/c27-15-18(17-30-25(32)21-6-2-3-7-22(21)26(30)33)16-29-13-10-19-14-20(8-9-23(19)29)24(31)28-11-4-1-5-12-28/h2-3,6-9,14-15H,1,4-5,10-13,16-17H2. The molecule has 0 N–H and O–H groups in total. The van der Waals surface area contributed by atoms with Crippen molar-refractivity contribution in [3.8, 4) is 0 Å². The predicted octanol–water partition coefficient (Wildman–Crippen LogP) is 3.82. The van der Waals surface area contributed by atoms with E-state index in [-0.39, 0.29) is 19.0 Å². The molecule has 3 aliphatic heterocycles. The minimum Gasteiger partial charge on any atom is -0.367 e. The number of fused-ring (bicyclic) bond motifs is 2. The van der Waals surface area contributed by atoms with E-state index in [9.17, 15) is 18.8 Å². The van der Waals surface area contributed by atoms with Crippen LogP contribution < -0.4 is 4.90 Å². The average Bonchev–Trinajstić information content (AvgIpc) is 3.37. The first kappa shape index (κ1) is 21.4. The van der Waals surface area contributed by atoms with Gasteiger partial charge in [0.25, 0.3) is 17.7 Å². The summed E-state index contributed by atoms with van der Waals surface area (Å²) in [7, 11) is 0. The van der Waals surface area contributed by atoms with Crippen molar-refractivity contribution in [2.75, 3.05) is 37.6 Å². The summed E-state index contributed by atoms with van der Waals surface area (Å²) in [6.07, 6.45) is 4.54. The maximum atomic E-state index is 13.8. The third-order valence-corrected chi connectivity index (χ3v) is 6.75. The molecule has 0 unspecified atom stereocenters. The van der Waals surface area contributed by atoms with Crippen molar-refractivity contribution < 1.29 is 18.8 Å². The summed E-state index contributed by atoms with van der Waals surface area (Å²) >= 11 is 0. The molecule has 7 heteroatoms. The molecule has 1 saturated heterocycles. The Morgan fingerprint density at radius 3 is 2.27 bits per heavy atom. The van der Waals surface area contributed by atoms with Crippen LogP contribution in [0.3, 0.4) is 0 Å². The van der Waals surface area contributed by atoms with E-state index in [1.165, 1.54) is 6.42 Å². The molecule has 3 heterocycles. The number of hydrogen-bond donors (Lipinski definition) is 0. The number of carbonyl (C=O) groups excluding carboxylic acids is 3. The molecule has 170 valence electrons. The van der Waals surface area contributed by atoms with Crippen molar-refractivity contribution in [3.63, 3.8) is 0 Å². The van der Waals surface area contributed by atoms with E-state index < -0.39 is 11.8 Å². The minimum atomic E-state index is -0.391. The summed E-state index contributed by atoms with van der Waals surface area (Å²) in [4.78, 5) is 43.2. The molecule has 1 fully saturated rings. The Labute approximate surface area is 192 Å². The normalized spacial score (nSPS) is 18.1. The van der Waals surface area contributed by atoms with Gasteiger partial charge in [-0.05, 0) is 67.2 Å². The Hall–Kier alpha value is -3.48. The molecule has 0 saturated carbocycles. The smallest absolute Gasteiger partial charge is 0.261 e. The van der Waals surface area contributed by atoms with Gasteiger partial charge in [-0.3, -0.25) is 19.3 Å².